The second-order valence-corrected chi connectivity index (χ2v) is 5.20. The lowest BCUT2D eigenvalue weighted by atomic mass is 10.2. The molecule has 3 rings (SSSR count). The number of hydrogen-bond acceptors (Lipinski definition) is 4. The third-order valence-corrected chi connectivity index (χ3v) is 3.54. The molecule has 0 fully saturated rings. The van der Waals surface area contributed by atoms with E-state index in [1.165, 1.54) is 12.1 Å². The highest BCUT2D eigenvalue weighted by Crippen LogP contribution is 2.24. The van der Waals surface area contributed by atoms with Gasteiger partial charge in [0.05, 0.1) is 12.2 Å². The first kappa shape index (κ1) is 13.8. The molecule has 0 aliphatic carbocycles. The fraction of sp³-hybridized carbons (Fsp3) is 0.0667. The maximum Gasteiger partial charge on any atom is 0.247 e. The number of nitrogens with zero attached hydrogens (tertiary/aromatic N) is 2. The highest BCUT2D eigenvalue weighted by atomic mass is 79.9. The van der Waals surface area contributed by atoms with Crippen LogP contribution in [0.4, 0.5) is 10.1 Å². The molecule has 6 heteroatoms. The van der Waals surface area contributed by atoms with Crippen LogP contribution in [0, 0.1) is 5.82 Å². The first-order valence-electron chi connectivity index (χ1n) is 6.29. The Morgan fingerprint density at radius 1 is 1.10 bits per heavy atom. The number of anilines is 1. The first-order valence-corrected chi connectivity index (χ1v) is 7.08. The highest BCUT2D eigenvalue weighted by Gasteiger charge is 2.09. The topological polar surface area (TPSA) is 51.0 Å². The summed E-state index contributed by atoms with van der Waals surface area (Å²) in [4.78, 5) is 0. The minimum Gasteiger partial charge on any atom is -0.419 e. The Labute approximate surface area is 129 Å². The van der Waals surface area contributed by atoms with E-state index in [-0.39, 0.29) is 5.82 Å². The molecule has 0 saturated carbocycles. The van der Waals surface area contributed by atoms with Crippen molar-refractivity contribution in [3.8, 4) is 11.5 Å². The van der Waals surface area contributed by atoms with E-state index in [1.54, 1.807) is 6.07 Å². The van der Waals surface area contributed by atoms with Crippen LogP contribution in [-0.2, 0) is 6.54 Å². The van der Waals surface area contributed by atoms with Gasteiger partial charge in [-0.05, 0) is 46.3 Å². The molecule has 3 aromatic rings. The number of rotatable bonds is 4. The quantitative estimate of drug-likeness (QED) is 0.766. The van der Waals surface area contributed by atoms with Gasteiger partial charge in [0.1, 0.15) is 5.82 Å². The van der Waals surface area contributed by atoms with Crippen LogP contribution in [0.5, 0.6) is 0 Å². The highest BCUT2D eigenvalue weighted by molar-refractivity contribution is 9.10. The summed E-state index contributed by atoms with van der Waals surface area (Å²) < 4.78 is 19.5. The Kier molecular flexibility index (Phi) is 3.96. The summed E-state index contributed by atoms with van der Waals surface area (Å²) in [6, 6.07) is 13.9. The van der Waals surface area contributed by atoms with Gasteiger partial charge in [-0.3, -0.25) is 0 Å². The van der Waals surface area contributed by atoms with Gasteiger partial charge in [-0.25, -0.2) is 4.39 Å². The lowest BCUT2D eigenvalue weighted by Crippen LogP contribution is -2.00. The summed E-state index contributed by atoms with van der Waals surface area (Å²) in [7, 11) is 0. The Balaban J connectivity index is 1.72. The Bertz CT molecular complexity index is 746. The van der Waals surface area contributed by atoms with Crippen molar-refractivity contribution in [3.05, 3.63) is 64.7 Å². The van der Waals surface area contributed by atoms with Crippen LogP contribution < -0.4 is 5.32 Å². The molecule has 21 heavy (non-hydrogen) atoms. The summed E-state index contributed by atoms with van der Waals surface area (Å²) >= 11 is 3.35. The standard InChI is InChI=1S/C15H11BrFN3O/c16-12-7-6-11(17)8-13(12)18-9-14-19-20-15(21-14)10-4-2-1-3-5-10/h1-8,18H,9H2. The fourth-order valence-corrected chi connectivity index (χ4v) is 2.21. The third kappa shape index (κ3) is 3.28. The van der Waals surface area contributed by atoms with Gasteiger partial charge in [0, 0.05) is 10.0 Å². The molecule has 0 spiro atoms. The van der Waals surface area contributed by atoms with Gasteiger partial charge in [0.15, 0.2) is 0 Å². The van der Waals surface area contributed by atoms with Gasteiger partial charge in [-0.2, -0.15) is 0 Å². The van der Waals surface area contributed by atoms with Crippen molar-refractivity contribution in [2.45, 2.75) is 6.54 Å². The summed E-state index contributed by atoms with van der Waals surface area (Å²) in [5, 5.41) is 11.0. The second kappa shape index (κ2) is 6.05. The molecule has 1 heterocycles. The van der Waals surface area contributed by atoms with Crippen molar-refractivity contribution in [1.82, 2.24) is 10.2 Å². The summed E-state index contributed by atoms with van der Waals surface area (Å²) in [6.45, 7) is 0.321. The van der Waals surface area contributed by atoms with E-state index in [1.807, 2.05) is 30.3 Å². The number of benzene rings is 2. The van der Waals surface area contributed by atoms with E-state index in [9.17, 15) is 4.39 Å². The first-order chi connectivity index (χ1) is 10.2. The average Bonchev–Trinajstić information content (AvgIpc) is 2.98. The Morgan fingerprint density at radius 3 is 2.71 bits per heavy atom. The van der Waals surface area contributed by atoms with Crippen molar-refractivity contribution in [2.75, 3.05) is 5.32 Å². The predicted octanol–water partition coefficient (Wildman–Crippen LogP) is 4.25. The molecule has 0 unspecified atom stereocenters. The van der Waals surface area contributed by atoms with Gasteiger partial charge in [-0.1, -0.05) is 18.2 Å². The molecule has 0 aliphatic rings. The van der Waals surface area contributed by atoms with Crippen LogP contribution in [0.15, 0.2) is 57.4 Å². The lowest BCUT2D eigenvalue weighted by molar-refractivity contribution is 0.515. The zero-order valence-corrected chi connectivity index (χ0v) is 12.5. The molecule has 0 atom stereocenters. The van der Waals surface area contributed by atoms with Crippen LogP contribution in [0.3, 0.4) is 0 Å². The molecule has 0 saturated heterocycles. The minimum absolute atomic E-state index is 0.309. The maximum absolute atomic E-state index is 13.2. The molecule has 2 aromatic carbocycles. The second-order valence-electron chi connectivity index (χ2n) is 4.34. The van der Waals surface area contributed by atoms with Crippen LogP contribution in [0.2, 0.25) is 0 Å². The van der Waals surface area contributed by atoms with Gasteiger partial charge in [0.25, 0.3) is 0 Å². The molecular weight excluding hydrogens is 337 g/mol. The van der Waals surface area contributed by atoms with E-state index >= 15 is 0 Å². The maximum atomic E-state index is 13.2. The van der Waals surface area contributed by atoms with Crippen LogP contribution in [0.25, 0.3) is 11.5 Å². The van der Waals surface area contributed by atoms with Gasteiger partial charge in [0.2, 0.25) is 11.8 Å². The number of aromatic nitrogens is 2. The largest absolute Gasteiger partial charge is 0.419 e. The zero-order valence-electron chi connectivity index (χ0n) is 10.9. The van der Waals surface area contributed by atoms with E-state index in [0.717, 1.165) is 10.0 Å². The van der Waals surface area contributed by atoms with Gasteiger partial charge >= 0.3 is 0 Å². The van der Waals surface area contributed by atoms with E-state index < -0.39 is 0 Å². The predicted molar refractivity (Wildman–Crippen MR) is 81.2 cm³/mol. The monoisotopic (exact) mass is 347 g/mol. The van der Waals surface area contributed by atoms with E-state index in [4.69, 9.17) is 4.42 Å². The van der Waals surface area contributed by atoms with E-state index in [0.29, 0.717) is 24.0 Å². The molecule has 0 bridgehead atoms. The van der Waals surface area contributed by atoms with Crippen LogP contribution in [-0.4, -0.2) is 10.2 Å². The minimum atomic E-state index is -0.309. The number of hydrogen-bond donors (Lipinski definition) is 1. The van der Waals surface area contributed by atoms with Crippen molar-refractivity contribution in [2.24, 2.45) is 0 Å². The number of nitrogens with one attached hydrogen (secondary N) is 1. The molecule has 0 amide bonds. The SMILES string of the molecule is Fc1ccc(Br)c(NCc2nnc(-c3ccccc3)o2)c1. The Morgan fingerprint density at radius 2 is 1.90 bits per heavy atom. The number of halogens is 2. The summed E-state index contributed by atoms with van der Waals surface area (Å²) in [5.41, 5.74) is 1.50. The average molecular weight is 348 g/mol. The van der Waals surface area contributed by atoms with Crippen molar-refractivity contribution in [3.63, 3.8) is 0 Å². The zero-order chi connectivity index (χ0) is 14.7. The van der Waals surface area contributed by atoms with Crippen LogP contribution in [0.1, 0.15) is 5.89 Å². The Hall–Kier alpha value is -2.21. The normalized spacial score (nSPS) is 10.6. The van der Waals surface area contributed by atoms with Crippen molar-refractivity contribution < 1.29 is 8.81 Å². The molecule has 106 valence electrons. The molecule has 0 aliphatic heterocycles. The summed E-state index contributed by atoms with van der Waals surface area (Å²) in [5.74, 6) is 0.590. The fourth-order valence-electron chi connectivity index (χ4n) is 1.83. The van der Waals surface area contributed by atoms with E-state index in [2.05, 4.69) is 31.4 Å². The van der Waals surface area contributed by atoms with Crippen LogP contribution >= 0.6 is 15.9 Å². The van der Waals surface area contributed by atoms with Crippen molar-refractivity contribution in [1.29, 1.82) is 0 Å². The van der Waals surface area contributed by atoms with Gasteiger partial charge in [-0.15, -0.1) is 10.2 Å². The summed E-state index contributed by atoms with van der Waals surface area (Å²) in [6.07, 6.45) is 0. The molecular formula is C15H11BrFN3O. The van der Waals surface area contributed by atoms with Crippen molar-refractivity contribution >= 4 is 21.6 Å². The molecule has 1 aromatic heterocycles. The lowest BCUT2D eigenvalue weighted by Gasteiger charge is -2.05. The smallest absolute Gasteiger partial charge is 0.247 e. The molecule has 1 N–H and O–H groups in total. The molecule has 0 radical (unpaired) electrons. The molecule has 4 nitrogen and oxygen atoms in total. The van der Waals surface area contributed by atoms with Gasteiger partial charge < -0.3 is 9.73 Å². The third-order valence-electron chi connectivity index (χ3n) is 2.85.